The summed E-state index contributed by atoms with van der Waals surface area (Å²) in [5.41, 5.74) is 0. The molecule has 10 heteroatoms. The molecule has 0 amide bonds. The van der Waals surface area contributed by atoms with Gasteiger partial charge in [-0.05, 0) is 0 Å². The first kappa shape index (κ1) is 16.5. The van der Waals surface area contributed by atoms with Crippen LogP contribution in [0.3, 0.4) is 0 Å². The first-order valence-electron chi connectivity index (χ1n) is 6.96. The van der Waals surface area contributed by atoms with Crippen molar-refractivity contribution < 1.29 is 49.6 Å². The zero-order valence-electron chi connectivity index (χ0n) is 11.6. The van der Waals surface area contributed by atoms with Crippen molar-refractivity contribution in [1.82, 2.24) is 0 Å². The highest BCUT2D eigenvalue weighted by Crippen LogP contribution is 2.40. The maximum absolute atomic E-state index is 10.0. The summed E-state index contributed by atoms with van der Waals surface area (Å²) >= 11 is 0. The Hall–Kier alpha value is -0.400. The van der Waals surface area contributed by atoms with E-state index in [4.69, 9.17) is 24.1 Å². The van der Waals surface area contributed by atoms with Crippen molar-refractivity contribution in [3.63, 3.8) is 0 Å². The number of aliphatic hydroxyl groups is 6. The van der Waals surface area contributed by atoms with Gasteiger partial charge in [-0.25, -0.2) is 0 Å². The van der Waals surface area contributed by atoms with Gasteiger partial charge in [0.05, 0.1) is 13.2 Å². The van der Waals surface area contributed by atoms with Gasteiger partial charge in [-0.3, -0.25) is 0 Å². The topological polar surface area (TPSA) is 158 Å². The summed E-state index contributed by atoms with van der Waals surface area (Å²) < 4.78 is 21.5. The van der Waals surface area contributed by atoms with Crippen LogP contribution in [0.1, 0.15) is 0 Å². The molecule has 0 bridgehead atoms. The molecule has 128 valence electrons. The summed E-state index contributed by atoms with van der Waals surface area (Å²) in [5, 5.41) is 58.1. The molecule has 22 heavy (non-hydrogen) atoms. The lowest BCUT2D eigenvalue weighted by atomic mass is 9.95. The zero-order valence-corrected chi connectivity index (χ0v) is 11.6. The summed E-state index contributed by atoms with van der Waals surface area (Å²) in [7, 11) is 0. The van der Waals surface area contributed by atoms with E-state index in [9.17, 15) is 25.5 Å². The van der Waals surface area contributed by atoms with Gasteiger partial charge in [-0.2, -0.15) is 0 Å². The lowest BCUT2D eigenvalue weighted by Gasteiger charge is -2.50. The molecule has 6 N–H and O–H groups in total. The highest BCUT2D eigenvalue weighted by atomic mass is 16.8. The largest absolute Gasteiger partial charge is 0.394 e. The molecule has 1 unspecified atom stereocenters. The molecule has 0 aliphatic carbocycles. The molecule has 0 radical (unpaired) electrons. The molecule has 3 aliphatic heterocycles. The minimum atomic E-state index is -1.70. The monoisotopic (exact) mass is 324 g/mol. The maximum Gasteiger partial charge on any atom is 0.222 e. The van der Waals surface area contributed by atoms with Gasteiger partial charge in [0.25, 0.3) is 0 Å². The summed E-state index contributed by atoms with van der Waals surface area (Å²) in [4.78, 5) is 0. The smallest absolute Gasteiger partial charge is 0.222 e. The molecule has 10 nitrogen and oxygen atoms in total. The molecule has 3 aliphatic rings. The Labute approximate surface area is 125 Å². The van der Waals surface area contributed by atoms with E-state index in [1.54, 1.807) is 0 Å². The third kappa shape index (κ3) is 2.27. The van der Waals surface area contributed by atoms with Gasteiger partial charge in [-0.15, -0.1) is 0 Å². The Kier molecular flexibility index (Phi) is 4.19. The molecule has 8 atom stereocenters. The molecule has 2 spiro atoms. The van der Waals surface area contributed by atoms with Crippen LogP contribution in [-0.4, -0.2) is 105 Å². The summed E-state index contributed by atoms with van der Waals surface area (Å²) in [5.74, 6) is -3.39. The SMILES string of the molecule is OC[C@H]1O[C@]2(CO[C@@]3(CO2)OCC(O)[C@@H](O)[C@H]3O)[C@@H](O)[C@@H]1O. The van der Waals surface area contributed by atoms with Crippen LogP contribution >= 0.6 is 0 Å². The third-order valence-corrected chi connectivity index (χ3v) is 4.39. The van der Waals surface area contributed by atoms with Crippen molar-refractivity contribution in [3.8, 4) is 0 Å². The lowest BCUT2D eigenvalue weighted by molar-refractivity contribution is -0.430. The molecule has 0 aromatic carbocycles. The van der Waals surface area contributed by atoms with E-state index in [1.807, 2.05) is 0 Å². The standard InChI is InChI=1S/C12H20O10/c13-1-6-8(16)10(18)12(22-6)4-20-11(3-21-12)9(17)7(15)5(14)2-19-11/h5-10,13-18H,1-4H2/t5?,6-,7-,8-,9-,10+,11-,12-/m1/s1. The van der Waals surface area contributed by atoms with E-state index in [-0.39, 0.29) is 6.61 Å². The minimum Gasteiger partial charge on any atom is -0.394 e. The predicted molar refractivity (Wildman–Crippen MR) is 65.3 cm³/mol. The molecule has 3 rings (SSSR count). The van der Waals surface area contributed by atoms with E-state index in [1.165, 1.54) is 0 Å². The van der Waals surface area contributed by atoms with Gasteiger partial charge in [0, 0.05) is 0 Å². The van der Waals surface area contributed by atoms with E-state index in [0.29, 0.717) is 0 Å². The second-order valence-corrected chi connectivity index (χ2v) is 5.79. The van der Waals surface area contributed by atoms with Crippen molar-refractivity contribution in [2.45, 2.75) is 48.2 Å². The highest BCUT2D eigenvalue weighted by Gasteiger charge is 2.62. The van der Waals surface area contributed by atoms with Gasteiger partial charge < -0.3 is 49.6 Å². The van der Waals surface area contributed by atoms with Crippen LogP contribution in [0.4, 0.5) is 0 Å². The van der Waals surface area contributed by atoms with Crippen LogP contribution in [0, 0.1) is 0 Å². The molecule has 3 heterocycles. The van der Waals surface area contributed by atoms with Crippen molar-refractivity contribution >= 4 is 0 Å². The number of ether oxygens (including phenoxy) is 4. The number of aliphatic hydroxyl groups excluding tert-OH is 6. The lowest BCUT2D eigenvalue weighted by Crippen LogP contribution is -2.69. The second-order valence-electron chi connectivity index (χ2n) is 5.79. The highest BCUT2D eigenvalue weighted by molar-refractivity contribution is 5.02. The number of hydrogen-bond donors (Lipinski definition) is 6. The number of hydrogen-bond acceptors (Lipinski definition) is 10. The van der Waals surface area contributed by atoms with E-state index < -0.39 is 68.0 Å². The Bertz CT molecular complexity index is 403. The van der Waals surface area contributed by atoms with Crippen LogP contribution in [0.2, 0.25) is 0 Å². The normalized spacial score (nSPS) is 55.9. The van der Waals surface area contributed by atoms with Crippen molar-refractivity contribution in [3.05, 3.63) is 0 Å². The Morgan fingerprint density at radius 3 is 1.95 bits per heavy atom. The first-order chi connectivity index (χ1) is 10.4. The van der Waals surface area contributed by atoms with Crippen molar-refractivity contribution in [2.75, 3.05) is 26.4 Å². The first-order valence-corrected chi connectivity index (χ1v) is 6.96. The Morgan fingerprint density at radius 1 is 0.818 bits per heavy atom. The predicted octanol–water partition coefficient (Wildman–Crippen LogP) is -4.35. The molecule has 3 fully saturated rings. The van der Waals surface area contributed by atoms with Crippen LogP contribution < -0.4 is 0 Å². The maximum atomic E-state index is 10.0. The van der Waals surface area contributed by atoms with Crippen LogP contribution in [0.25, 0.3) is 0 Å². The average Bonchev–Trinajstić information content (AvgIpc) is 2.77. The molecule has 3 saturated heterocycles. The Balaban J connectivity index is 1.73. The minimum absolute atomic E-state index is 0.264. The fraction of sp³-hybridized carbons (Fsp3) is 1.00. The third-order valence-electron chi connectivity index (χ3n) is 4.39. The van der Waals surface area contributed by atoms with Crippen LogP contribution in [0.5, 0.6) is 0 Å². The summed E-state index contributed by atoms with van der Waals surface area (Å²) in [6, 6.07) is 0. The van der Waals surface area contributed by atoms with Crippen molar-refractivity contribution in [2.24, 2.45) is 0 Å². The van der Waals surface area contributed by atoms with Gasteiger partial charge in [-0.1, -0.05) is 0 Å². The van der Waals surface area contributed by atoms with Gasteiger partial charge in [0.15, 0.2) is 0 Å². The van der Waals surface area contributed by atoms with Crippen LogP contribution in [-0.2, 0) is 18.9 Å². The fourth-order valence-corrected chi connectivity index (χ4v) is 2.91. The van der Waals surface area contributed by atoms with Crippen LogP contribution in [0.15, 0.2) is 0 Å². The average molecular weight is 324 g/mol. The zero-order chi connectivity index (χ0) is 16.1. The summed E-state index contributed by atoms with van der Waals surface area (Å²) in [6.45, 7) is -1.58. The van der Waals surface area contributed by atoms with E-state index >= 15 is 0 Å². The molecule has 0 aromatic rings. The number of rotatable bonds is 1. The Morgan fingerprint density at radius 2 is 1.41 bits per heavy atom. The van der Waals surface area contributed by atoms with Gasteiger partial charge in [0.2, 0.25) is 11.6 Å². The van der Waals surface area contributed by atoms with E-state index in [2.05, 4.69) is 0 Å². The fourth-order valence-electron chi connectivity index (χ4n) is 2.91. The van der Waals surface area contributed by atoms with E-state index in [0.717, 1.165) is 0 Å². The molecule has 0 aromatic heterocycles. The quantitative estimate of drug-likeness (QED) is 0.278. The molecule has 0 saturated carbocycles. The van der Waals surface area contributed by atoms with Gasteiger partial charge >= 0.3 is 0 Å². The molecular formula is C12H20O10. The van der Waals surface area contributed by atoms with Crippen molar-refractivity contribution in [1.29, 1.82) is 0 Å². The second kappa shape index (κ2) is 5.60. The molecular weight excluding hydrogens is 304 g/mol. The van der Waals surface area contributed by atoms with Gasteiger partial charge in [0.1, 0.15) is 49.8 Å². The summed E-state index contributed by atoms with van der Waals surface area (Å²) in [6.07, 6.45) is -8.14.